The molecule has 0 bridgehead atoms. The van der Waals surface area contributed by atoms with Crippen LogP contribution in [0.4, 0.5) is 0 Å². The first kappa shape index (κ1) is 13.7. The van der Waals surface area contributed by atoms with Crippen LogP contribution in [-0.2, 0) is 7.05 Å². The second-order valence-electron chi connectivity index (χ2n) is 4.73. The van der Waals surface area contributed by atoms with Crippen molar-refractivity contribution in [2.45, 2.75) is 0 Å². The topological polar surface area (TPSA) is 67.4 Å². The first-order valence-corrected chi connectivity index (χ1v) is 6.75. The molecule has 3 aromatic rings. The van der Waals surface area contributed by atoms with E-state index >= 15 is 0 Å². The number of aryl methyl sites for hydroxylation is 1. The third-order valence-electron chi connectivity index (χ3n) is 3.17. The van der Waals surface area contributed by atoms with Crippen LogP contribution in [0.1, 0.15) is 11.3 Å². The molecule has 106 valence electrons. The summed E-state index contributed by atoms with van der Waals surface area (Å²) in [5.74, 6) is 0. The van der Waals surface area contributed by atoms with E-state index in [1.807, 2.05) is 49.7 Å². The average Bonchev–Trinajstić information content (AvgIpc) is 2.95. The van der Waals surface area contributed by atoms with Gasteiger partial charge in [-0.05, 0) is 30.3 Å². The van der Waals surface area contributed by atoms with E-state index < -0.39 is 0 Å². The summed E-state index contributed by atoms with van der Waals surface area (Å²) in [6.45, 7) is 0. The summed E-state index contributed by atoms with van der Waals surface area (Å²) in [5.41, 5.74) is 3.79. The number of nitriles is 1. The van der Waals surface area contributed by atoms with Crippen molar-refractivity contribution in [2.24, 2.45) is 7.05 Å². The second kappa shape index (κ2) is 6.02. The van der Waals surface area contributed by atoms with Crippen LogP contribution in [0.25, 0.3) is 22.9 Å². The molecule has 0 spiro atoms. The lowest BCUT2D eigenvalue weighted by molar-refractivity contribution is 0.770. The van der Waals surface area contributed by atoms with Crippen LogP contribution in [0.15, 0.2) is 55.1 Å². The van der Waals surface area contributed by atoms with Gasteiger partial charge in [-0.1, -0.05) is 6.07 Å². The van der Waals surface area contributed by atoms with E-state index in [4.69, 9.17) is 0 Å². The van der Waals surface area contributed by atoms with E-state index in [1.165, 1.54) is 0 Å². The van der Waals surface area contributed by atoms with Crippen molar-refractivity contribution in [3.05, 3.63) is 66.4 Å². The van der Waals surface area contributed by atoms with Crippen molar-refractivity contribution in [3.8, 4) is 17.3 Å². The average molecular weight is 287 g/mol. The normalized spacial score (nSPS) is 11.2. The van der Waals surface area contributed by atoms with Gasteiger partial charge in [0.05, 0.1) is 17.0 Å². The quantitative estimate of drug-likeness (QED) is 0.695. The Bertz CT molecular complexity index is 842. The molecule has 0 aromatic carbocycles. The van der Waals surface area contributed by atoms with Gasteiger partial charge in [0.1, 0.15) is 6.07 Å². The number of aromatic nitrogens is 4. The Balaban J connectivity index is 2.10. The molecule has 0 aliphatic carbocycles. The van der Waals surface area contributed by atoms with Gasteiger partial charge in [-0.25, -0.2) is 0 Å². The van der Waals surface area contributed by atoms with E-state index in [9.17, 15) is 5.26 Å². The predicted octanol–water partition coefficient (Wildman–Crippen LogP) is 2.94. The molecule has 5 nitrogen and oxygen atoms in total. The highest BCUT2D eigenvalue weighted by atomic mass is 15.2. The van der Waals surface area contributed by atoms with Crippen molar-refractivity contribution in [1.82, 2.24) is 19.7 Å². The lowest BCUT2D eigenvalue weighted by Crippen LogP contribution is -1.88. The molecule has 0 amide bonds. The van der Waals surface area contributed by atoms with Gasteiger partial charge in [0, 0.05) is 43.0 Å². The fourth-order valence-electron chi connectivity index (χ4n) is 2.19. The summed E-state index contributed by atoms with van der Waals surface area (Å²) in [6, 6.07) is 11.5. The van der Waals surface area contributed by atoms with Crippen LogP contribution >= 0.6 is 0 Å². The summed E-state index contributed by atoms with van der Waals surface area (Å²) in [7, 11) is 1.86. The summed E-state index contributed by atoms with van der Waals surface area (Å²) < 4.78 is 1.73. The maximum absolute atomic E-state index is 9.41. The number of rotatable bonds is 3. The lowest BCUT2D eigenvalue weighted by Gasteiger charge is -2.00. The minimum absolute atomic E-state index is 0.504. The summed E-state index contributed by atoms with van der Waals surface area (Å²) >= 11 is 0. The third-order valence-corrected chi connectivity index (χ3v) is 3.17. The highest BCUT2D eigenvalue weighted by Crippen LogP contribution is 2.25. The zero-order valence-electron chi connectivity index (χ0n) is 12.0. The van der Waals surface area contributed by atoms with Gasteiger partial charge >= 0.3 is 0 Å². The van der Waals surface area contributed by atoms with Crippen LogP contribution in [0.3, 0.4) is 0 Å². The molecule has 3 rings (SSSR count). The SMILES string of the molecule is Cn1cc(/C=C(\C#N)c2ccccn2)c(-c2ccncc2)n1. The standard InChI is InChI=1S/C17H13N5/c1-22-12-15(17(21-22)13-5-8-19-9-6-13)10-14(11-18)16-4-2-3-7-20-16/h2-10,12H,1H3/b14-10+. The Morgan fingerprint density at radius 1 is 1.18 bits per heavy atom. The highest BCUT2D eigenvalue weighted by Gasteiger charge is 2.10. The number of nitrogens with zero attached hydrogens (tertiary/aromatic N) is 5. The van der Waals surface area contributed by atoms with Crippen molar-refractivity contribution in [3.63, 3.8) is 0 Å². The van der Waals surface area contributed by atoms with Crippen LogP contribution in [0.5, 0.6) is 0 Å². The summed E-state index contributed by atoms with van der Waals surface area (Å²) in [5, 5.41) is 13.9. The first-order valence-electron chi connectivity index (χ1n) is 6.75. The predicted molar refractivity (Wildman–Crippen MR) is 84.2 cm³/mol. The lowest BCUT2D eigenvalue weighted by atomic mass is 10.1. The van der Waals surface area contributed by atoms with Crippen molar-refractivity contribution in [1.29, 1.82) is 5.26 Å². The van der Waals surface area contributed by atoms with Gasteiger partial charge in [0.15, 0.2) is 0 Å². The molecule has 5 heteroatoms. The van der Waals surface area contributed by atoms with Gasteiger partial charge in [0.2, 0.25) is 0 Å². The molecule has 0 atom stereocenters. The molecule has 0 saturated carbocycles. The molecule has 0 unspecified atom stereocenters. The Hall–Kier alpha value is -3.26. The minimum atomic E-state index is 0.504. The number of allylic oxidation sites excluding steroid dienone is 1. The monoisotopic (exact) mass is 287 g/mol. The van der Waals surface area contributed by atoms with E-state index in [-0.39, 0.29) is 0 Å². The maximum Gasteiger partial charge on any atom is 0.101 e. The van der Waals surface area contributed by atoms with Gasteiger partial charge in [-0.15, -0.1) is 0 Å². The minimum Gasteiger partial charge on any atom is -0.275 e. The van der Waals surface area contributed by atoms with E-state index in [2.05, 4.69) is 21.1 Å². The number of hydrogen-bond donors (Lipinski definition) is 0. The Morgan fingerprint density at radius 2 is 2.00 bits per heavy atom. The molecule has 22 heavy (non-hydrogen) atoms. The van der Waals surface area contributed by atoms with E-state index in [1.54, 1.807) is 23.3 Å². The first-order chi connectivity index (χ1) is 10.8. The maximum atomic E-state index is 9.41. The molecule has 3 aromatic heterocycles. The molecule has 0 aliphatic heterocycles. The zero-order valence-corrected chi connectivity index (χ0v) is 12.0. The number of pyridine rings is 2. The largest absolute Gasteiger partial charge is 0.275 e. The van der Waals surface area contributed by atoms with E-state index in [0.717, 1.165) is 16.8 Å². The van der Waals surface area contributed by atoms with Gasteiger partial charge in [-0.2, -0.15) is 10.4 Å². The molecular weight excluding hydrogens is 274 g/mol. The third kappa shape index (κ3) is 2.76. The zero-order chi connectivity index (χ0) is 15.4. The molecule has 0 saturated heterocycles. The van der Waals surface area contributed by atoms with Gasteiger partial charge < -0.3 is 0 Å². The van der Waals surface area contributed by atoms with Crippen molar-refractivity contribution < 1.29 is 0 Å². The molecule has 0 aliphatic rings. The van der Waals surface area contributed by atoms with Crippen LogP contribution in [-0.4, -0.2) is 19.7 Å². The number of hydrogen-bond acceptors (Lipinski definition) is 4. The molecule has 0 radical (unpaired) electrons. The van der Waals surface area contributed by atoms with Gasteiger partial charge in [0.25, 0.3) is 0 Å². The van der Waals surface area contributed by atoms with Crippen LogP contribution in [0, 0.1) is 11.3 Å². The molecule has 0 N–H and O–H groups in total. The van der Waals surface area contributed by atoms with Crippen LogP contribution < -0.4 is 0 Å². The van der Waals surface area contributed by atoms with E-state index in [0.29, 0.717) is 11.3 Å². The fraction of sp³-hybridized carbons (Fsp3) is 0.0588. The Labute approximate surface area is 128 Å². The fourth-order valence-corrected chi connectivity index (χ4v) is 2.19. The second-order valence-corrected chi connectivity index (χ2v) is 4.73. The Kier molecular flexibility index (Phi) is 3.75. The van der Waals surface area contributed by atoms with Crippen molar-refractivity contribution in [2.75, 3.05) is 0 Å². The molecule has 3 heterocycles. The summed E-state index contributed by atoms with van der Waals surface area (Å²) in [4.78, 5) is 8.25. The smallest absolute Gasteiger partial charge is 0.101 e. The molecular formula is C17H13N5. The van der Waals surface area contributed by atoms with Crippen molar-refractivity contribution >= 4 is 11.6 Å². The van der Waals surface area contributed by atoms with Crippen LogP contribution in [0.2, 0.25) is 0 Å². The molecule has 0 fully saturated rings. The van der Waals surface area contributed by atoms with Gasteiger partial charge in [-0.3, -0.25) is 14.6 Å². The summed E-state index contributed by atoms with van der Waals surface area (Å²) in [6.07, 6.45) is 8.82. The highest BCUT2D eigenvalue weighted by molar-refractivity contribution is 5.91. The Morgan fingerprint density at radius 3 is 2.68 bits per heavy atom.